The van der Waals surface area contributed by atoms with E-state index in [0.717, 1.165) is 40.6 Å². The first-order chi connectivity index (χ1) is 14.2. The van der Waals surface area contributed by atoms with Crippen LogP contribution in [0.5, 0.6) is 0 Å². The third-order valence-corrected chi connectivity index (χ3v) is 7.47. The predicted molar refractivity (Wildman–Crippen MR) is 119 cm³/mol. The van der Waals surface area contributed by atoms with Gasteiger partial charge in [-0.2, -0.15) is 5.10 Å². The van der Waals surface area contributed by atoms with Gasteiger partial charge in [0.15, 0.2) is 9.84 Å². The standard InChI is InChI=1S/C23H27N3O3S/c1-5-21(30(4,28)29)18-13-20-19(12-17(18)15-8-9-15)22(23(27)24-3)26(25-20)16-10-6-14(2)7-11-16/h6-7,10-13,15,21H,5,8-9H2,1-4H3,(H,24,27). The fourth-order valence-corrected chi connectivity index (χ4v) is 5.43. The second-order valence-corrected chi connectivity index (χ2v) is 10.4. The lowest BCUT2D eigenvalue weighted by Crippen LogP contribution is -2.22. The summed E-state index contributed by atoms with van der Waals surface area (Å²) in [6, 6.07) is 11.7. The molecule has 1 unspecified atom stereocenters. The summed E-state index contributed by atoms with van der Waals surface area (Å²) in [6.45, 7) is 3.90. The number of carbonyl (C=O) groups excluding carboxylic acids is 1. The fourth-order valence-electron chi connectivity index (χ4n) is 4.16. The number of aromatic nitrogens is 2. The van der Waals surface area contributed by atoms with Crippen molar-refractivity contribution in [2.45, 2.75) is 44.3 Å². The Morgan fingerprint density at radius 3 is 2.43 bits per heavy atom. The molecule has 0 bridgehead atoms. The molecule has 1 aromatic heterocycles. The number of amides is 1. The third kappa shape index (κ3) is 3.62. The van der Waals surface area contributed by atoms with E-state index in [-0.39, 0.29) is 5.91 Å². The molecule has 158 valence electrons. The molecule has 1 fully saturated rings. The van der Waals surface area contributed by atoms with E-state index in [2.05, 4.69) is 5.32 Å². The molecule has 30 heavy (non-hydrogen) atoms. The highest BCUT2D eigenvalue weighted by Crippen LogP contribution is 2.46. The van der Waals surface area contributed by atoms with Gasteiger partial charge in [0.25, 0.3) is 5.91 Å². The van der Waals surface area contributed by atoms with Crippen molar-refractivity contribution in [2.24, 2.45) is 0 Å². The molecule has 1 atom stereocenters. The molecule has 1 saturated carbocycles. The summed E-state index contributed by atoms with van der Waals surface area (Å²) in [7, 11) is -1.66. The number of hydrogen-bond donors (Lipinski definition) is 1. The largest absolute Gasteiger partial charge is 0.354 e. The zero-order chi connectivity index (χ0) is 21.6. The van der Waals surface area contributed by atoms with E-state index in [4.69, 9.17) is 5.10 Å². The summed E-state index contributed by atoms with van der Waals surface area (Å²) < 4.78 is 26.6. The number of nitrogens with zero attached hydrogens (tertiary/aromatic N) is 2. The minimum absolute atomic E-state index is 0.220. The van der Waals surface area contributed by atoms with Gasteiger partial charge in [0.1, 0.15) is 5.69 Å². The lowest BCUT2D eigenvalue weighted by Gasteiger charge is -2.18. The lowest BCUT2D eigenvalue weighted by atomic mass is 9.96. The molecule has 1 aliphatic carbocycles. The van der Waals surface area contributed by atoms with Crippen LogP contribution >= 0.6 is 0 Å². The van der Waals surface area contributed by atoms with Crippen molar-refractivity contribution < 1.29 is 13.2 Å². The molecule has 6 nitrogen and oxygen atoms in total. The van der Waals surface area contributed by atoms with Crippen molar-refractivity contribution in [3.8, 4) is 5.69 Å². The molecule has 0 spiro atoms. The first-order valence-corrected chi connectivity index (χ1v) is 12.2. The van der Waals surface area contributed by atoms with Gasteiger partial charge in [0.2, 0.25) is 0 Å². The van der Waals surface area contributed by atoms with Crippen LogP contribution in [0.15, 0.2) is 36.4 Å². The molecular weight excluding hydrogens is 398 g/mol. The summed E-state index contributed by atoms with van der Waals surface area (Å²) >= 11 is 0. The number of hydrogen-bond acceptors (Lipinski definition) is 4. The molecule has 0 radical (unpaired) electrons. The minimum atomic E-state index is -3.26. The maximum atomic E-state index is 12.8. The van der Waals surface area contributed by atoms with Crippen molar-refractivity contribution in [3.05, 3.63) is 58.8 Å². The molecule has 3 aromatic rings. The van der Waals surface area contributed by atoms with Gasteiger partial charge in [-0.15, -0.1) is 0 Å². The summed E-state index contributed by atoms with van der Waals surface area (Å²) in [6.07, 6.45) is 3.88. The van der Waals surface area contributed by atoms with Crippen LogP contribution < -0.4 is 5.32 Å². The van der Waals surface area contributed by atoms with Crippen molar-refractivity contribution in [1.82, 2.24) is 15.1 Å². The van der Waals surface area contributed by atoms with Crippen LogP contribution in [0.3, 0.4) is 0 Å². The van der Waals surface area contributed by atoms with Crippen LogP contribution in [0.4, 0.5) is 0 Å². The monoisotopic (exact) mass is 425 g/mol. The number of carbonyl (C=O) groups is 1. The zero-order valence-corrected chi connectivity index (χ0v) is 18.6. The molecule has 0 aliphatic heterocycles. The molecule has 1 heterocycles. The van der Waals surface area contributed by atoms with Crippen molar-refractivity contribution in [3.63, 3.8) is 0 Å². The van der Waals surface area contributed by atoms with E-state index in [9.17, 15) is 13.2 Å². The average molecular weight is 426 g/mol. The maximum Gasteiger partial charge on any atom is 0.270 e. The molecule has 1 N–H and O–H groups in total. The summed E-state index contributed by atoms with van der Waals surface area (Å²) in [5, 5.41) is 7.63. The first kappa shape index (κ1) is 20.6. The second-order valence-electron chi connectivity index (χ2n) is 8.17. The number of aryl methyl sites for hydroxylation is 1. The Morgan fingerprint density at radius 1 is 1.23 bits per heavy atom. The Kier molecular flexibility index (Phi) is 5.18. The molecule has 1 amide bonds. The predicted octanol–water partition coefficient (Wildman–Crippen LogP) is 4.07. The quantitative estimate of drug-likeness (QED) is 0.646. The summed E-state index contributed by atoms with van der Waals surface area (Å²) in [5.41, 5.74) is 4.88. The van der Waals surface area contributed by atoms with Crippen LogP contribution in [0.1, 0.15) is 64.5 Å². The number of rotatable bonds is 6. The molecule has 7 heteroatoms. The zero-order valence-electron chi connectivity index (χ0n) is 17.8. The molecular formula is C23H27N3O3S. The van der Waals surface area contributed by atoms with E-state index in [0.29, 0.717) is 23.5 Å². The van der Waals surface area contributed by atoms with E-state index in [1.165, 1.54) is 6.26 Å². The highest BCUT2D eigenvalue weighted by atomic mass is 32.2. The highest BCUT2D eigenvalue weighted by molar-refractivity contribution is 7.90. The van der Waals surface area contributed by atoms with Gasteiger partial charge in [-0.1, -0.05) is 24.6 Å². The Balaban J connectivity index is 2.01. The minimum Gasteiger partial charge on any atom is -0.354 e. The number of fused-ring (bicyclic) bond motifs is 1. The Morgan fingerprint density at radius 2 is 1.90 bits per heavy atom. The summed E-state index contributed by atoms with van der Waals surface area (Å²) in [4.78, 5) is 12.8. The van der Waals surface area contributed by atoms with Crippen LogP contribution in [0, 0.1) is 6.92 Å². The Bertz CT molecular complexity index is 1220. The first-order valence-electron chi connectivity index (χ1n) is 10.3. The van der Waals surface area contributed by atoms with Gasteiger partial charge in [-0.05, 0) is 67.5 Å². The summed E-state index contributed by atoms with van der Waals surface area (Å²) in [5.74, 6) is 0.128. The van der Waals surface area contributed by atoms with Gasteiger partial charge >= 0.3 is 0 Å². The van der Waals surface area contributed by atoms with Gasteiger partial charge in [0.05, 0.1) is 16.5 Å². The SMILES string of the molecule is CCC(c1cc2nn(-c3ccc(C)cc3)c(C(=O)NC)c2cc1C1CC1)S(C)(=O)=O. The number of sulfone groups is 1. The second kappa shape index (κ2) is 7.54. The normalized spacial score (nSPS) is 15.3. The van der Waals surface area contributed by atoms with E-state index in [1.54, 1.807) is 11.7 Å². The van der Waals surface area contributed by atoms with Crippen molar-refractivity contribution in [2.75, 3.05) is 13.3 Å². The van der Waals surface area contributed by atoms with Gasteiger partial charge in [-0.25, -0.2) is 13.1 Å². The molecule has 0 saturated heterocycles. The van der Waals surface area contributed by atoms with Crippen LogP contribution in [-0.4, -0.2) is 37.4 Å². The van der Waals surface area contributed by atoms with Crippen molar-refractivity contribution in [1.29, 1.82) is 0 Å². The van der Waals surface area contributed by atoms with E-state index >= 15 is 0 Å². The van der Waals surface area contributed by atoms with Crippen LogP contribution in [-0.2, 0) is 9.84 Å². The smallest absolute Gasteiger partial charge is 0.270 e. The topological polar surface area (TPSA) is 81.1 Å². The Labute approximate surface area is 177 Å². The Hall–Kier alpha value is -2.67. The van der Waals surface area contributed by atoms with Gasteiger partial charge in [-0.3, -0.25) is 4.79 Å². The number of benzene rings is 2. The average Bonchev–Trinajstić information content (AvgIpc) is 3.47. The lowest BCUT2D eigenvalue weighted by molar-refractivity contribution is 0.0957. The van der Waals surface area contributed by atoms with Gasteiger partial charge in [0, 0.05) is 18.7 Å². The highest BCUT2D eigenvalue weighted by Gasteiger charge is 2.33. The fraction of sp³-hybridized carbons (Fsp3) is 0.391. The maximum absolute atomic E-state index is 12.8. The van der Waals surface area contributed by atoms with Crippen LogP contribution in [0.25, 0.3) is 16.6 Å². The van der Waals surface area contributed by atoms with Crippen LogP contribution in [0.2, 0.25) is 0 Å². The van der Waals surface area contributed by atoms with Gasteiger partial charge < -0.3 is 5.32 Å². The molecule has 1 aliphatic rings. The number of nitrogens with one attached hydrogen (secondary N) is 1. The van der Waals surface area contributed by atoms with E-state index < -0.39 is 15.1 Å². The van der Waals surface area contributed by atoms with Crippen molar-refractivity contribution >= 4 is 26.6 Å². The third-order valence-electron chi connectivity index (χ3n) is 5.85. The molecule has 4 rings (SSSR count). The van der Waals surface area contributed by atoms with E-state index in [1.807, 2.05) is 50.2 Å². The molecule has 2 aromatic carbocycles.